The maximum Gasteiger partial charge on any atom is 0.115 e. The fourth-order valence-electron chi connectivity index (χ4n) is 2.02. The molecule has 2 unspecified atom stereocenters. The van der Waals surface area contributed by atoms with Gasteiger partial charge in [0.1, 0.15) is 5.75 Å². The average molecular weight is 162 g/mol. The van der Waals surface area contributed by atoms with Crippen molar-refractivity contribution in [1.82, 2.24) is 0 Å². The highest BCUT2D eigenvalue weighted by Crippen LogP contribution is 2.38. The third-order valence-electron chi connectivity index (χ3n) is 3.02. The van der Waals surface area contributed by atoms with E-state index in [0.717, 1.165) is 12.3 Å². The van der Waals surface area contributed by atoms with Gasteiger partial charge in [-0.05, 0) is 41.5 Å². The van der Waals surface area contributed by atoms with Gasteiger partial charge < -0.3 is 5.11 Å². The largest absolute Gasteiger partial charge is 0.508 e. The van der Waals surface area contributed by atoms with Crippen molar-refractivity contribution in [2.45, 2.75) is 26.2 Å². The Morgan fingerprint density at radius 1 is 1.33 bits per heavy atom. The Morgan fingerprint density at radius 2 is 2.08 bits per heavy atom. The summed E-state index contributed by atoms with van der Waals surface area (Å²) in [6.45, 7) is 4.50. The summed E-state index contributed by atoms with van der Waals surface area (Å²) in [4.78, 5) is 0. The molecule has 0 spiro atoms. The number of hydrogen-bond donors (Lipinski definition) is 1. The van der Waals surface area contributed by atoms with Crippen LogP contribution in [-0.2, 0) is 6.42 Å². The first-order chi connectivity index (χ1) is 5.68. The van der Waals surface area contributed by atoms with Crippen LogP contribution in [0.15, 0.2) is 18.2 Å². The van der Waals surface area contributed by atoms with Gasteiger partial charge in [0, 0.05) is 0 Å². The Labute approximate surface area is 73.0 Å². The second-order valence-electron chi connectivity index (χ2n) is 3.85. The molecule has 1 nitrogen and oxygen atoms in total. The smallest absolute Gasteiger partial charge is 0.115 e. The molecule has 1 aliphatic rings. The average Bonchev–Trinajstić information content (AvgIpc) is 2.31. The van der Waals surface area contributed by atoms with Crippen LogP contribution in [0.3, 0.4) is 0 Å². The molecule has 0 saturated carbocycles. The first kappa shape index (κ1) is 7.66. The summed E-state index contributed by atoms with van der Waals surface area (Å²) in [7, 11) is 0. The fourth-order valence-corrected chi connectivity index (χ4v) is 2.02. The van der Waals surface area contributed by atoms with Gasteiger partial charge in [0.25, 0.3) is 0 Å². The predicted molar refractivity (Wildman–Crippen MR) is 49.4 cm³/mol. The van der Waals surface area contributed by atoms with Crippen LogP contribution in [0.2, 0.25) is 0 Å². The zero-order valence-electron chi connectivity index (χ0n) is 7.54. The van der Waals surface area contributed by atoms with Gasteiger partial charge >= 0.3 is 0 Å². The number of phenols is 1. The molecule has 2 atom stereocenters. The molecule has 0 radical (unpaired) electrons. The van der Waals surface area contributed by atoms with Crippen LogP contribution in [0.1, 0.15) is 30.9 Å². The number of rotatable bonds is 0. The number of phenolic OH excluding ortho intramolecular Hbond substituents is 1. The lowest BCUT2D eigenvalue weighted by atomic mass is 9.97. The second-order valence-corrected chi connectivity index (χ2v) is 3.85. The summed E-state index contributed by atoms with van der Waals surface area (Å²) in [5, 5.41) is 9.30. The number of hydrogen-bond acceptors (Lipinski definition) is 1. The van der Waals surface area contributed by atoms with Crippen molar-refractivity contribution in [2.24, 2.45) is 5.92 Å². The molecule has 0 bridgehead atoms. The van der Waals surface area contributed by atoms with Crippen LogP contribution in [-0.4, -0.2) is 5.11 Å². The molecule has 0 saturated heterocycles. The summed E-state index contributed by atoms with van der Waals surface area (Å²) in [5.74, 6) is 1.73. The van der Waals surface area contributed by atoms with E-state index in [1.54, 1.807) is 6.07 Å². The molecule has 1 heteroatoms. The third-order valence-corrected chi connectivity index (χ3v) is 3.02. The van der Waals surface area contributed by atoms with Crippen LogP contribution in [0.5, 0.6) is 5.75 Å². The van der Waals surface area contributed by atoms with Crippen LogP contribution >= 0.6 is 0 Å². The number of fused-ring (bicyclic) bond motifs is 1. The first-order valence-corrected chi connectivity index (χ1v) is 4.50. The van der Waals surface area contributed by atoms with E-state index in [-0.39, 0.29) is 0 Å². The quantitative estimate of drug-likeness (QED) is 0.621. The predicted octanol–water partition coefficient (Wildman–Crippen LogP) is 2.69. The van der Waals surface area contributed by atoms with Crippen molar-refractivity contribution in [2.75, 3.05) is 0 Å². The molecule has 1 aliphatic carbocycles. The Bertz CT molecular complexity index is 304. The molecule has 1 aromatic rings. The Morgan fingerprint density at radius 3 is 2.83 bits per heavy atom. The standard InChI is InChI=1S/C11H14O/c1-7-5-9-3-4-10(12)6-11(9)8(7)2/h3-4,6-8,12H,5H2,1-2H3. The zero-order valence-corrected chi connectivity index (χ0v) is 7.54. The highest BCUT2D eigenvalue weighted by molar-refractivity contribution is 5.40. The van der Waals surface area contributed by atoms with Crippen LogP contribution in [0, 0.1) is 5.92 Å². The Balaban J connectivity index is 2.48. The minimum atomic E-state index is 0.398. The van der Waals surface area contributed by atoms with Crippen molar-refractivity contribution in [3.05, 3.63) is 29.3 Å². The summed E-state index contributed by atoms with van der Waals surface area (Å²) in [6.07, 6.45) is 1.16. The lowest BCUT2D eigenvalue weighted by Gasteiger charge is -2.08. The normalized spacial score (nSPS) is 27.2. The van der Waals surface area contributed by atoms with Gasteiger partial charge in [-0.15, -0.1) is 0 Å². The Kier molecular flexibility index (Phi) is 1.60. The van der Waals surface area contributed by atoms with E-state index >= 15 is 0 Å². The monoisotopic (exact) mass is 162 g/mol. The highest BCUT2D eigenvalue weighted by atomic mass is 16.3. The lowest BCUT2D eigenvalue weighted by Crippen LogP contribution is -1.97. The molecule has 0 aliphatic heterocycles. The van der Waals surface area contributed by atoms with E-state index in [9.17, 15) is 5.11 Å². The maximum atomic E-state index is 9.30. The van der Waals surface area contributed by atoms with Gasteiger partial charge in [-0.25, -0.2) is 0 Å². The molecule has 0 amide bonds. The minimum Gasteiger partial charge on any atom is -0.508 e. The third kappa shape index (κ3) is 1.01. The SMILES string of the molecule is CC1Cc2ccc(O)cc2C1C. The van der Waals surface area contributed by atoms with E-state index in [2.05, 4.69) is 13.8 Å². The molecular weight excluding hydrogens is 148 g/mol. The van der Waals surface area contributed by atoms with Crippen LogP contribution < -0.4 is 0 Å². The van der Waals surface area contributed by atoms with Gasteiger partial charge in [-0.1, -0.05) is 19.9 Å². The van der Waals surface area contributed by atoms with Gasteiger partial charge in [0.2, 0.25) is 0 Å². The van der Waals surface area contributed by atoms with Crippen LogP contribution in [0.25, 0.3) is 0 Å². The Hall–Kier alpha value is -0.980. The molecule has 1 N–H and O–H groups in total. The fraction of sp³-hybridized carbons (Fsp3) is 0.455. The van der Waals surface area contributed by atoms with Crippen molar-refractivity contribution < 1.29 is 5.11 Å². The molecule has 12 heavy (non-hydrogen) atoms. The second kappa shape index (κ2) is 2.51. The van der Waals surface area contributed by atoms with E-state index in [1.165, 1.54) is 11.1 Å². The molecule has 64 valence electrons. The molecule has 0 heterocycles. The number of benzene rings is 1. The maximum absolute atomic E-state index is 9.30. The van der Waals surface area contributed by atoms with E-state index in [0.29, 0.717) is 11.7 Å². The summed E-state index contributed by atoms with van der Waals surface area (Å²) < 4.78 is 0. The molecule has 0 aromatic heterocycles. The topological polar surface area (TPSA) is 20.2 Å². The van der Waals surface area contributed by atoms with Gasteiger partial charge in [-0.2, -0.15) is 0 Å². The summed E-state index contributed by atoms with van der Waals surface area (Å²) in [6, 6.07) is 5.73. The number of aromatic hydroxyl groups is 1. The minimum absolute atomic E-state index is 0.398. The summed E-state index contributed by atoms with van der Waals surface area (Å²) >= 11 is 0. The lowest BCUT2D eigenvalue weighted by molar-refractivity contribution is 0.473. The van der Waals surface area contributed by atoms with Crippen molar-refractivity contribution >= 4 is 0 Å². The van der Waals surface area contributed by atoms with E-state index in [1.807, 2.05) is 12.1 Å². The molecule has 2 rings (SSSR count). The van der Waals surface area contributed by atoms with Gasteiger partial charge in [0.15, 0.2) is 0 Å². The van der Waals surface area contributed by atoms with Crippen molar-refractivity contribution in [3.8, 4) is 5.75 Å². The first-order valence-electron chi connectivity index (χ1n) is 4.50. The van der Waals surface area contributed by atoms with Gasteiger partial charge in [-0.3, -0.25) is 0 Å². The summed E-state index contributed by atoms with van der Waals surface area (Å²) in [5.41, 5.74) is 2.75. The molecule has 1 aromatic carbocycles. The highest BCUT2D eigenvalue weighted by Gasteiger charge is 2.25. The molecule has 0 fully saturated rings. The van der Waals surface area contributed by atoms with Crippen molar-refractivity contribution in [1.29, 1.82) is 0 Å². The molecular formula is C11H14O. The van der Waals surface area contributed by atoms with Crippen molar-refractivity contribution in [3.63, 3.8) is 0 Å². The zero-order chi connectivity index (χ0) is 8.72. The van der Waals surface area contributed by atoms with Gasteiger partial charge in [0.05, 0.1) is 0 Å². The van der Waals surface area contributed by atoms with Crippen LogP contribution in [0.4, 0.5) is 0 Å². The van der Waals surface area contributed by atoms with E-state index in [4.69, 9.17) is 0 Å². The van der Waals surface area contributed by atoms with E-state index < -0.39 is 0 Å².